The zero-order valence-corrected chi connectivity index (χ0v) is 13.8. The van der Waals surface area contributed by atoms with Crippen LogP contribution in [0.3, 0.4) is 0 Å². The van der Waals surface area contributed by atoms with Gasteiger partial charge >= 0.3 is 0 Å². The molecule has 0 radical (unpaired) electrons. The first-order valence-electron chi connectivity index (χ1n) is 7.32. The number of nitrogens with zero attached hydrogens (tertiary/aromatic N) is 3. The van der Waals surface area contributed by atoms with Crippen LogP contribution in [0.1, 0.15) is 5.56 Å². The van der Waals surface area contributed by atoms with E-state index in [1.807, 2.05) is 48.5 Å². The van der Waals surface area contributed by atoms with Crippen molar-refractivity contribution in [2.24, 2.45) is 0 Å². The average Bonchev–Trinajstić information content (AvgIpc) is 2.62. The molecule has 122 valence electrons. The van der Waals surface area contributed by atoms with Crippen LogP contribution in [0.2, 0.25) is 5.02 Å². The second-order valence-corrected chi connectivity index (χ2v) is 5.37. The Labute approximate surface area is 144 Å². The lowest BCUT2D eigenvalue weighted by molar-refractivity contribution is 0.415. The number of ether oxygens (including phenoxy) is 1. The van der Waals surface area contributed by atoms with Gasteiger partial charge in [0, 0.05) is 17.3 Å². The zero-order chi connectivity index (χ0) is 16.8. The lowest BCUT2D eigenvalue weighted by atomic mass is 10.2. The van der Waals surface area contributed by atoms with Gasteiger partial charge in [-0.15, -0.1) is 5.10 Å². The standard InChI is InChI=1S/C17H16ClN5O/c1-24-14-8-6-13(7-9-14)21-17-22-16(11-20-23-17)19-10-12-4-2-3-5-15(12)18/h2-9,11H,10H2,1H3,(H2,19,21,22,23). The molecule has 0 amide bonds. The van der Waals surface area contributed by atoms with Crippen LogP contribution in [0.25, 0.3) is 0 Å². The summed E-state index contributed by atoms with van der Waals surface area (Å²) in [5.74, 6) is 1.81. The number of hydrogen-bond donors (Lipinski definition) is 2. The topological polar surface area (TPSA) is 72.0 Å². The molecular formula is C17H16ClN5O. The van der Waals surface area contributed by atoms with Crippen LogP contribution in [0, 0.1) is 0 Å². The molecule has 3 rings (SSSR count). The summed E-state index contributed by atoms with van der Waals surface area (Å²) >= 11 is 6.14. The van der Waals surface area contributed by atoms with Crippen molar-refractivity contribution in [2.45, 2.75) is 6.54 Å². The van der Waals surface area contributed by atoms with Crippen molar-refractivity contribution in [3.8, 4) is 5.75 Å². The summed E-state index contributed by atoms with van der Waals surface area (Å²) in [7, 11) is 1.63. The number of hydrogen-bond acceptors (Lipinski definition) is 6. The highest BCUT2D eigenvalue weighted by molar-refractivity contribution is 6.31. The van der Waals surface area contributed by atoms with Gasteiger partial charge in [0.2, 0.25) is 5.95 Å². The molecule has 0 atom stereocenters. The number of nitrogens with one attached hydrogen (secondary N) is 2. The second kappa shape index (κ2) is 7.61. The van der Waals surface area contributed by atoms with Gasteiger partial charge in [0.1, 0.15) is 5.75 Å². The van der Waals surface area contributed by atoms with E-state index in [9.17, 15) is 0 Å². The fraction of sp³-hybridized carbons (Fsp3) is 0.118. The Morgan fingerprint density at radius 1 is 1.08 bits per heavy atom. The SMILES string of the molecule is COc1ccc(Nc2nncc(NCc3ccccc3Cl)n2)cc1. The third-order valence-electron chi connectivity index (χ3n) is 3.32. The smallest absolute Gasteiger partial charge is 0.249 e. The van der Waals surface area contributed by atoms with Gasteiger partial charge in [0.15, 0.2) is 5.82 Å². The normalized spacial score (nSPS) is 10.2. The summed E-state index contributed by atoms with van der Waals surface area (Å²) in [6.45, 7) is 0.556. The van der Waals surface area contributed by atoms with Crippen LogP contribution in [-0.4, -0.2) is 22.3 Å². The Kier molecular flexibility index (Phi) is 5.08. The van der Waals surface area contributed by atoms with Crippen LogP contribution in [0.15, 0.2) is 54.7 Å². The molecule has 6 nitrogen and oxygen atoms in total. The highest BCUT2D eigenvalue weighted by Gasteiger charge is 2.03. The second-order valence-electron chi connectivity index (χ2n) is 4.96. The minimum Gasteiger partial charge on any atom is -0.497 e. The van der Waals surface area contributed by atoms with E-state index in [1.165, 1.54) is 0 Å². The molecule has 0 aliphatic rings. The molecule has 0 saturated carbocycles. The highest BCUT2D eigenvalue weighted by atomic mass is 35.5. The van der Waals surface area contributed by atoms with Crippen molar-refractivity contribution < 1.29 is 4.74 Å². The molecule has 24 heavy (non-hydrogen) atoms. The van der Waals surface area contributed by atoms with E-state index in [0.29, 0.717) is 23.3 Å². The summed E-state index contributed by atoms with van der Waals surface area (Å²) in [6, 6.07) is 15.1. The molecular weight excluding hydrogens is 326 g/mol. The summed E-state index contributed by atoms with van der Waals surface area (Å²) in [6.07, 6.45) is 1.57. The number of benzene rings is 2. The molecule has 0 saturated heterocycles. The lowest BCUT2D eigenvalue weighted by Gasteiger charge is -2.09. The predicted octanol–water partition coefficient (Wildman–Crippen LogP) is 3.89. The summed E-state index contributed by atoms with van der Waals surface area (Å²) in [5, 5.41) is 14.9. The maximum Gasteiger partial charge on any atom is 0.249 e. The Bertz CT molecular complexity index is 810. The van der Waals surface area contributed by atoms with Crippen molar-refractivity contribution in [1.29, 1.82) is 0 Å². The Morgan fingerprint density at radius 2 is 1.88 bits per heavy atom. The maximum atomic E-state index is 6.14. The number of halogens is 1. The molecule has 1 aromatic heterocycles. The maximum absolute atomic E-state index is 6.14. The summed E-state index contributed by atoms with van der Waals surface area (Å²) in [5.41, 5.74) is 1.84. The van der Waals surface area contributed by atoms with Gasteiger partial charge in [-0.3, -0.25) is 0 Å². The molecule has 3 aromatic rings. The van der Waals surface area contributed by atoms with E-state index < -0.39 is 0 Å². The van der Waals surface area contributed by atoms with Crippen LogP contribution in [-0.2, 0) is 6.54 Å². The fourth-order valence-electron chi connectivity index (χ4n) is 2.07. The Hall–Kier alpha value is -2.86. The lowest BCUT2D eigenvalue weighted by Crippen LogP contribution is -2.06. The minimum absolute atomic E-state index is 0.407. The number of rotatable bonds is 6. The quantitative estimate of drug-likeness (QED) is 0.708. The van der Waals surface area contributed by atoms with Gasteiger partial charge in [-0.25, -0.2) is 0 Å². The van der Waals surface area contributed by atoms with Crippen molar-refractivity contribution in [1.82, 2.24) is 15.2 Å². The molecule has 0 bridgehead atoms. The highest BCUT2D eigenvalue weighted by Crippen LogP contribution is 2.19. The van der Waals surface area contributed by atoms with Crippen molar-refractivity contribution in [3.05, 3.63) is 65.3 Å². The first-order valence-corrected chi connectivity index (χ1v) is 7.70. The van der Waals surface area contributed by atoms with E-state index in [1.54, 1.807) is 13.3 Å². The first kappa shape index (κ1) is 16.0. The van der Waals surface area contributed by atoms with Crippen molar-refractivity contribution in [3.63, 3.8) is 0 Å². The Balaban J connectivity index is 1.66. The monoisotopic (exact) mass is 341 g/mol. The minimum atomic E-state index is 0.407. The molecule has 1 heterocycles. The predicted molar refractivity (Wildman–Crippen MR) is 94.9 cm³/mol. The molecule has 0 spiro atoms. The average molecular weight is 342 g/mol. The van der Waals surface area contributed by atoms with Gasteiger partial charge in [-0.05, 0) is 35.9 Å². The van der Waals surface area contributed by atoms with E-state index >= 15 is 0 Å². The van der Waals surface area contributed by atoms with Crippen LogP contribution in [0.4, 0.5) is 17.5 Å². The molecule has 0 aliphatic heterocycles. The number of anilines is 3. The van der Waals surface area contributed by atoms with E-state index in [-0.39, 0.29) is 0 Å². The van der Waals surface area contributed by atoms with Gasteiger partial charge in [0.05, 0.1) is 13.3 Å². The van der Waals surface area contributed by atoms with Crippen molar-refractivity contribution in [2.75, 3.05) is 17.7 Å². The van der Waals surface area contributed by atoms with Gasteiger partial charge in [-0.1, -0.05) is 29.8 Å². The number of aromatic nitrogens is 3. The molecule has 7 heteroatoms. The van der Waals surface area contributed by atoms with E-state index in [2.05, 4.69) is 25.8 Å². The van der Waals surface area contributed by atoms with Gasteiger partial charge in [-0.2, -0.15) is 10.1 Å². The van der Waals surface area contributed by atoms with Crippen LogP contribution < -0.4 is 15.4 Å². The third-order valence-corrected chi connectivity index (χ3v) is 3.69. The van der Waals surface area contributed by atoms with Gasteiger partial charge in [0.25, 0.3) is 0 Å². The summed E-state index contributed by atoms with van der Waals surface area (Å²) in [4.78, 5) is 4.39. The molecule has 0 aliphatic carbocycles. The number of methoxy groups -OCH3 is 1. The fourth-order valence-corrected chi connectivity index (χ4v) is 2.28. The van der Waals surface area contributed by atoms with Crippen molar-refractivity contribution >= 4 is 29.1 Å². The van der Waals surface area contributed by atoms with Crippen LogP contribution >= 0.6 is 11.6 Å². The summed E-state index contributed by atoms with van der Waals surface area (Å²) < 4.78 is 5.13. The largest absolute Gasteiger partial charge is 0.497 e. The van der Waals surface area contributed by atoms with E-state index in [4.69, 9.17) is 16.3 Å². The first-order chi connectivity index (χ1) is 11.7. The molecule has 2 aromatic carbocycles. The molecule has 2 N–H and O–H groups in total. The van der Waals surface area contributed by atoms with Gasteiger partial charge < -0.3 is 15.4 Å². The third kappa shape index (κ3) is 4.11. The van der Waals surface area contributed by atoms with Crippen LogP contribution in [0.5, 0.6) is 5.75 Å². The van der Waals surface area contributed by atoms with E-state index in [0.717, 1.165) is 17.0 Å². The molecule has 0 fully saturated rings. The molecule has 0 unspecified atom stereocenters. The Morgan fingerprint density at radius 3 is 2.62 bits per heavy atom. The zero-order valence-electron chi connectivity index (χ0n) is 13.0.